The van der Waals surface area contributed by atoms with Crippen LogP contribution < -0.4 is 10.6 Å². The van der Waals surface area contributed by atoms with Crippen molar-refractivity contribution in [3.63, 3.8) is 0 Å². The molecular formula is C27H22N2O4S. The molecule has 4 aromatic rings. The molecule has 0 spiro atoms. The smallest absolute Gasteiger partial charge is 0.336 e. The summed E-state index contributed by atoms with van der Waals surface area (Å²) in [5, 5.41) is 16.0. The minimum absolute atomic E-state index is 0.0813. The summed E-state index contributed by atoms with van der Waals surface area (Å²) in [7, 11) is 0. The number of nitrogens with one attached hydrogen (secondary N) is 2. The Hall–Kier alpha value is -4.10. The minimum atomic E-state index is -1.09. The lowest BCUT2D eigenvalue weighted by molar-refractivity contribution is -0.115. The fraction of sp³-hybridized carbons (Fsp3) is 0.0741. The van der Waals surface area contributed by atoms with E-state index >= 15 is 0 Å². The van der Waals surface area contributed by atoms with Gasteiger partial charge in [-0.1, -0.05) is 42.5 Å². The number of benzene rings is 4. The van der Waals surface area contributed by atoms with E-state index < -0.39 is 11.9 Å². The van der Waals surface area contributed by atoms with Crippen LogP contribution in [0.15, 0.2) is 95.9 Å². The Labute approximate surface area is 201 Å². The number of hydrogen-bond acceptors (Lipinski definition) is 4. The Morgan fingerprint density at radius 3 is 2.00 bits per heavy atom. The van der Waals surface area contributed by atoms with Crippen LogP contribution in [0.4, 0.5) is 11.4 Å². The predicted molar refractivity (Wildman–Crippen MR) is 136 cm³/mol. The van der Waals surface area contributed by atoms with Crippen molar-refractivity contribution in [3.05, 3.63) is 102 Å². The predicted octanol–water partition coefficient (Wildman–Crippen LogP) is 5.91. The maximum Gasteiger partial charge on any atom is 0.336 e. The van der Waals surface area contributed by atoms with Crippen LogP contribution in [0, 0.1) is 0 Å². The number of carboxylic acid groups (broad SMARTS) is 1. The van der Waals surface area contributed by atoms with Crippen LogP contribution in [0.1, 0.15) is 27.6 Å². The molecule has 0 saturated carbocycles. The lowest BCUT2D eigenvalue weighted by Gasteiger charge is -2.13. The van der Waals surface area contributed by atoms with E-state index in [0.717, 1.165) is 10.6 Å². The highest BCUT2D eigenvalue weighted by atomic mass is 32.2. The van der Waals surface area contributed by atoms with Crippen molar-refractivity contribution < 1.29 is 19.5 Å². The number of carbonyl (C=O) groups is 3. The van der Waals surface area contributed by atoms with Gasteiger partial charge in [-0.15, -0.1) is 11.8 Å². The van der Waals surface area contributed by atoms with E-state index in [9.17, 15) is 19.5 Å². The van der Waals surface area contributed by atoms with E-state index in [0.29, 0.717) is 22.0 Å². The molecule has 2 amide bonds. The molecule has 4 aromatic carbocycles. The van der Waals surface area contributed by atoms with E-state index in [1.807, 2.05) is 49.4 Å². The lowest BCUT2D eigenvalue weighted by Crippen LogP contribution is -2.22. The zero-order valence-electron chi connectivity index (χ0n) is 18.3. The highest BCUT2D eigenvalue weighted by Crippen LogP contribution is 2.27. The van der Waals surface area contributed by atoms with Gasteiger partial charge in [0.05, 0.1) is 10.8 Å². The van der Waals surface area contributed by atoms with Gasteiger partial charge >= 0.3 is 5.97 Å². The standard InChI is InChI=1S/C27H22N2O4S/c1-17(25(30)28-19-9-3-2-4-10-19)34-21-15-13-20(14-16-21)29-26(31)22-11-5-7-18-8-6-12-23(24(18)22)27(32)33/h2-17H,1H3,(H,28,30)(H,29,31)(H,32,33). The Kier molecular flexibility index (Phi) is 6.94. The number of aromatic carboxylic acids is 1. The molecule has 7 heteroatoms. The second-order valence-electron chi connectivity index (χ2n) is 7.61. The molecule has 34 heavy (non-hydrogen) atoms. The average molecular weight is 471 g/mol. The van der Waals surface area contributed by atoms with Gasteiger partial charge in [0, 0.05) is 27.2 Å². The molecule has 0 heterocycles. The number of para-hydroxylation sites is 1. The van der Waals surface area contributed by atoms with Crippen molar-refractivity contribution in [2.45, 2.75) is 17.1 Å². The highest BCUT2D eigenvalue weighted by molar-refractivity contribution is 8.00. The number of thioether (sulfide) groups is 1. The molecule has 6 nitrogen and oxygen atoms in total. The number of fused-ring (bicyclic) bond motifs is 1. The van der Waals surface area contributed by atoms with Gasteiger partial charge in [-0.05, 0) is 60.8 Å². The van der Waals surface area contributed by atoms with Crippen LogP contribution in [0.3, 0.4) is 0 Å². The van der Waals surface area contributed by atoms with Crippen molar-refractivity contribution >= 4 is 51.7 Å². The van der Waals surface area contributed by atoms with Gasteiger partial charge in [0.1, 0.15) is 0 Å². The summed E-state index contributed by atoms with van der Waals surface area (Å²) in [5.41, 5.74) is 1.69. The quantitative estimate of drug-likeness (QED) is 0.292. The van der Waals surface area contributed by atoms with E-state index in [2.05, 4.69) is 10.6 Å². The van der Waals surface area contributed by atoms with Crippen LogP contribution in [0.2, 0.25) is 0 Å². The van der Waals surface area contributed by atoms with Crippen molar-refractivity contribution in [2.75, 3.05) is 10.6 Å². The molecule has 0 aliphatic rings. The van der Waals surface area contributed by atoms with E-state index in [4.69, 9.17) is 0 Å². The van der Waals surface area contributed by atoms with Gasteiger partial charge in [-0.2, -0.15) is 0 Å². The number of anilines is 2. The molecular weight excluding hydrogens is 448 g/mol. The van der Waals surface area contributed by atoms with Crippen molar-refractivity contribution in [1.29, 1.82) is 0 Å². The largest absolute Gasteiger partial charge is 0.478 e. The maximum absolute atomic E-state index is 13.0. The summed E-state index contributed by atoms with van der Waals surface area (Å²) < 4.78 is 0. The summed E-state index contributed by atoms with van der Waals surface area (Å²) in [6, 6.07) is 26.5. The average Bonchev–Trinajstić information content (AvgIpc) is 2.85. The van der Waals surface area contributed by atoms with Crippen molar-refractivity contribution in [1.82, 2.24) is 0 Å². The lowest BCUT2D eigenvalue weighted by atomic mass is 9.98. The van der Waals surface area contributed by atoms with Crippen LogP contribution in [0.25, 0.3) is 10.8 Å². The summed E-state index contributed by atoms with van der Waals surface area (Å²) in [5.74, 6) is -1.58. The molecule has 0 fully saturated rings. The molecule has 0 aliphatic heterocycles. The Balaban J connectivity index is 1.45. The van der Waals surface area contributed by atoms with Gasteiger partial charge in [-0.3, -0.25) is 9.59 Å². The molecule has 0 bridgehead atoms. The highest BCUT2D eigenvalue weighted by Gasteiger charge is 2.17. The first-order chi connectivity index (χ1) is 16.4. The molecule has 1 unspecified atom stereocenters. The van der Waals surface area contributed by atoms with E-state index in [1.165, 1.54) is 17.8 Å². The van der Waals surface area contributed by atoms with Crippen LogP contribution in [-0.2, 0) is 4.79 Å². The molecule has 4 rings (SSSR count). The van der Waals surface area contributed by atoms with Crippen LogP contribution in [0.5, 0.6) is 0 Å². The summed E-state index contributed by atoms with van der Waals surface area (Å²) >= 11 is 1.41. The van der Waals surface area contributed by atoms with Crippen molar-refractivity contribution in [2.24, 2.45) is 0 Å². The molecule has 0 saturated heterocycles. The number of hydrogen-bond donors (Lipinski definition) is 3. The normalized spacial score (nSPS) is 11.6. The maximum atomic E-state index is 13.0. The second kappa shape index (κ2) is 10.2. The van der Waals surface area contributed by atoms with E-state index in [1.54, 1.807) is 42.5 Å². The van der Waals surface area contributed by atoms with Gasteiger partial charge in [0.15, 0.2) is 0 Å². The zero-order valence-corrected chi connectivity index (χ0v) is 19.1. The minimum Gasteiger partial charge on any atom is -0.478 e. The van der Waals surface area contributed by atoms with Crippen molar-refractivity contribution in [3.8, 4) is 0 Å². The number of rotatable bonds is 7. The number of carboxylic acids is 1. The Morgan fingerprint density at radius 2 is 1.35 bits per heavy atom. The Bertz CT molecular complexity index is 1350. The number of amides is 2. The van der Waals surface area contributed by atoms with Gasteiger partial charge in [-0.25, -0.2) is 4.79 Å². The van der Waals surface area contributed by atoms with E-state index in [-0.39, 0.29) is 16.7 Å². The summed E-state index contributed by atoms with van der Waals surface area (Å²) in [6.07, 6.45) is 0. The fourth-order valence-electron chi connectivity index (χ4n) is 3.55. The molecule has 170 valence electrons. The first kappa shape index (κ1) is 23.1. The van der Waals surface area contributed by atoms with Gasteiger partial charge < -0.3 is 15.7 Å². The van der Waals surface area contributed by atoms with Gasteiger partial charge in [0.25, 0.3) is 5.91 Å². The Morgan fingerprint density at radius 1 is 0.735 bits per heavy atom. The third-order valence-electron chi connectivity index (χ3n) is 5.22. The first-order valence-corrected chi connectivity index (χ1v) is 11.5. The summed E-state index contributed by atoms with van der Waals surface area (Å²) in [4.78, 5) is 37.9. The molecule has 3 N–H and O–H groups in total. The van der Waals surface area contributed by atoms with Crippen LogP contribution in [-0.4, -0.2) is 28.1 Å². The SMILES string of the molecule is CC(Sc1ccc(NC(=O)c2cccc3cccc(C(=O)O)c23)cc1)C(=O)Nc1ccccc1. The van der Waals surface area contributed by atoms with Gasteiger partial charge in [0.2, 0.25) is 5.91 Å². The number of carbonyl (C=O) groups excluding carboxylic acids is 2. The second-order valence-corrected chi connectivity index (χ2v) is 9.02. The molecule has 0 aromatic heterocycles. The fourth-order valence-corrected chi connectivity index (χ4v) is 4.41. The monoisotopic (exact) mass is 470 g/mol. The third-order valence-corrected chi connectivity index (χ3v) is 6.33. The van der Waals surface area contributed by atoms with Crippen LogP contribution >= 0.6 is 11.8 Å². The molecule has 1 atom stereocenters. The third kappa shape index (κ3) is 5.27. The topological polar surface area (TPSA) is 95.5 Å². The zero-order chi connectivity index (χ0) is 24.1. The molecule has 0 radical (unpaired) electrons. The summed E-state index contributed by atoms with van der Waals surface area (Å²) in [6.45, 7) is 1.83. The molecule has 0 aliphatic carbocycles. The first-order valence-electron chi connectivity index (χ1n) is 10.6.